The number of anilines is 2. The number of nitrogens with two attached hydrogens (primary N) is 1. The van der Waals surface area contributed by atoms with Crippen molar-refractivity contribution in [2.45, 2.75) is 11.8 Å². The van der Waals surface area contributed by atoms with Gasteiger partial charge < -0.3 is 10.5 Å². The van der Waals surface area contributed by atoms with Gasteiger partial charge in [0.15, 0.2) is 5.82 Å². The van der Waals surface area contributed by atoms with Crippen molar-refractivity contribution in [1.29, 1.82) is 0 Å². The monoisotopic (exact) mass is 296 g/mol. The smallest absolute Gasteiger partial charge is 0.267 e. The number of hydrogen-bond donors (Lipinski definition) is 2. The first-order valence-electron chi connectivity index (χ1n) is 5.80. The number of methoxy groups -OCH3 is 1. The third kappa shape index (κ3) is 2.69. The lowest BCUT2D eigenvalue weighted by atomic mass is 10.2. The van der Waals surface area contributed by atoms with Gasteiger partial charge in [-0.15, -0.1) is 0 Å². The molecule has 0 aliphatic carbocycles. The zero-order valence-electron chi connectivity index (χ0n) is 11.4. The highest BCUT2D eigenvalue weighted by molar-refractivity contribution is 7.92. The number of nitrogens with one attached hydrogen (secondary N) is 1. The maximum Gasteiger partial charge on any atom is 0.267 e. The lowest BCUT2D eigenvalue weighted by Gasteiger charge is -2.10. The molecule has 1 aromatic carbocycles. The molecular formula is C12H16N4O3S. The minimum atomic E-state index is -3.76. The first kappa shape index (κ1) is 14.2. The predicted octanol–water partition coefficient (Wildman–Crippen LogP) is 1.12. The molecule has 0 saturated carbocycles. The Hall–Kier alpha value is -2.22. The molecule has 1 heterocycles. The molecule has 108 valence electrons. The molecular weight excluding hydrogens is 280 g/mol. The summed E-state index contributed by atoms with van der Waals surface area (Å²) in [6.07, 6.45) is 1.36. The van der Waals surface area contributed by atoms with Gasteiger partial charge in [-0.05, 0) is 30.7 Å². The Labute approximate surface area is 117 Å². The Morgan fingerprint density at radius 1 is 1.40 bits per heavy atom. The van der Waals surface area contributed by atoms with Crippen LogP contribution in [0.5, 0.6) is 5.75 Å². The minimum Gasteiger partial charge on any atom is -0.496 e. The molecule has 20 heavy (non-hydrogen) atoms. The molecule has 0 aliphatic heterocycles. The molecule has 0 saturated heterocycles. The molecule has 1 aromatic heterocycles. The number of nitrogens with zero attached hydrogens (tertiary/aromatic N) is 2. The van der Waals surface area contributed by atoms with Gasteiger partial charge in [-0.25, -0.2) is 8.42 Å². The summed E-state index contributed by atoms with van der Waals surface area (Å²) in [4.78, 5) is -0.0477. The van der Waals surface area contributed by atoms with E-state index in [-0.39, 0.29) is 10.7 Å². The van der Waals surface area contributed by atoms with Crippen LogP contribution in [0.4, 0.5) is 11.5 Å². The molecule has 0 fully saturated rings. The van der Waals surface area contributed by atoms with Crippen molar-refractivity contribution in [1.82, 2.24) is 9.78 Å². The quantitative estimate of drug-likeness (QED) is 0.880. The van der Waals surface area contributed by atoms with Gasteiger partial charge in [-0.1, -0.05) is 0 Å². The zero-order chi connectivity index (χ0) is 14.9. The second-order valence-corrected chi connectivity index (χ2v) is 5.99. The number of aryl methyl sites for hydroxylation is 2. The van der Waals surface area contributed by atoms with E-state index in [0.29, 0.717) is 11.4 Å². The highest BCUT2D eigenvalue weighted by Crippen LogP contribution is 2.24. The van der Waals surface area contributed by atoms with Crippen molar-refractivity contribution in [2.24, 2.45) is 7.05 Å². The van der Waals surface area contributed by atoms with Crippen LogP contribution in [0.1, 0.15) is 5.56 Å². The molecule has 0 amide bonds. The van der Waals surface area contributed by atoms with Crippen LogP contribution in [0.15, 0.2) is 29.3 Å². The Morgan fingerprint density at radius 3 is 2.60 bits per heavy atom. The summed E-state index contributed by atoms with van der Waals surface area (Å²) in [6.45, 7) is 1.83. The van der Waals surface area contributed by atoms with Crippen LogP contribution in [0.25, 0.3) is 0 Å². The van der Waals surface area contributed by atoms with E-state index >= 15 is 0 Å². The fraction of sp³-hybridized carbons (Fsp3) is 0.250. The Balaban J connectivity index is 2.33. The van der Waals surface area contributed by atoms with Gasteiger partial charge in [0.1, 0.15) is 10.6 Å². The van der Waals surface area contributed by atoms with E-state index in [1.807, 2.05) is 6.92 Å². The number of rotatable bonds is 4. The van der Waals surface area contributed by atoms with Crippen molar-refractivity contribution < 1.29 is 13.2 Å². The molecule has 0 aliphatic rings. The van der Waals surface area contributed by atoms with E-state index in [0.717, 1.165) is 5.56 Å². The lowest BCUT2D eigenvalue weighted by molar-refractivity contribution is 0.412. The van der Waals surface area contributed by atoms with Crippen molar-refractivity contribution in [3.8, 4) is 5.75 Å². The van der Waals surface area contributed by atoms with Crippen molar-refractivity contribution in [2.75, 3.05) is 17.6 Å². The third-order valence-corrected chi connectivity index (χ3v) is 4.16. The van der Waals surface area contributed by atoms with E-state index < -0.39 is 10.0 Å². The summed E-state index contributed by atoms with van der Waals surface area (Å²) >= 11 is 0. The second-order valence-electron chi connectivity index (χ2n) is 4.34. The van der Waals surface area contributed by atoms with Gasteiger partial charge in [0, 0.05) is 18.9 Å². The van der Waals surface area contributed by atoms with Crippen molar-refractivity contribution in [3.63, 3.8) is 0 Å². The molecule has 0 bridgehead atoms. The average molecular weight is 296 g/mol. The van der Waals surface area contributed by atoms with Gasteiger partial charge >= 0.3 is 0 Å². The van der Waals surface area contributed by atoms with E-state index in [9.17, 15) is 8.42 Å². The van der Waals surface area contributed by atoms with E-state index in [2.05, 4.69) is 9.82 Å². The molecule has 2 aromatic rings. The highest BCUT2D eigenvalue weighted by Gasteiger charge is 2.20. The molecule has 0 unspecified atom stereocenters. The third-order valence-electron chi connectivity index (χ3n) is 2.76. The molecule has 0 atom stereocenters. The van der Waals surface area contributed by atoms with Gasteiger partial charge in [-0.3, -0.25) is 9.40 Å². The van der Waals surface area contributed by atoms with Gasteiger partial charge in [0.25, 0.3) is 10.0 Å². The topological polar surface area (TPSA) is 99.2 Å². The van der Waals surface area contributed by atoms with Crippen LogP contribution < -0.4 is 15.2 Å². The number of nitrogen functional groups attached to an aromatic ring is 1. The first-order valence-corrected chi connectivity index (χ1v) is 7.28. The van der Waals surface area contributed by atoms with Crippen LogP contribution >= 0.6 is 0 Å². The Kier molecular flexibility index (Phi) is 3.58. The molecule has 8 heteroatoms. The maximum absolute atomic E-state index is 12.2. The summed E-state index contributed by atoms with van der Waals surface area (Å²) in [5, 5.41) is 3.82. The molecule has 0 radical (unpaired) electrons. The number of ether oxygens (including phenoxy) is 1. The average Bonchev–Trinajstić information content (AvgIpc) is 2.69. The van der Waals surface area contributed by atoms with Crippen LogP contribution in [-0.4, -0.2) is 25.3 Å². The van der Waals surface area contributed by atoms with E-state index in [4.69, 9.17) is 10.5 Å². The van der Waals surface area contributed by atoms with Crippen molar-refractivity contribution >= 4 is 21.5 Å². The number of sulfonamides is 1. The summed E-state index contributed by atoms with van der Waals surface area (Å²) in [5.41, 5.74) is 6.85. The summed E-state index contributed by atoms with van der Waals surface area (Å²) in [5.74, 6) is 0.652. The Bertz CT molecular complexity index is 737. The SMILES string of the molecule is COc1ccc(NS(=O)(=O)c2cn(C)nc2N)cc1C. The van der Waals surface area contributed by atoms with E-state index in [1.165, 1.54) is 10.9 Å². The van der Waals surface area contributed by atoms with Gasteiger partial charge in [-0.2, -0.15) is 5.10 Å². The molecule has 7 nitrogen and oxygen atoms in total. The van der Waals surface area contributed by atoms with Crippen LogP contribution in [0.3, 0.4) is 0 Å². The Morgan fingerprint density at radius 2 is 2.10 bits per heavy atom. The summed E-state index contributed by atoms with van der Waals surface area (Å²) in [6, 6.07) is 5.00. The maximum atomic E-state index is 12.2. The predicted molar refractivity (Wildman–Crippen MR) is 76.2 cm³/mol. The fourth-order valence-corrected chi connectivity index (χ4v) is 3.00. The second kappa shape index (κ2) is 5.04. The highest BCUT2D eigenvalue weighted by atomic mass is 32.2. The van der Waals surface area contributed by atoms with Gasteiger partial charge in [0.05, 0.1) is 7.11 Å². The van der Waals surface area contributed by atoms with Crippen LogP contribution in [-0.2, 0) is 17.1 Å². The molecule has 0 spiro atoms. The standard InChI is InChI=1S/C12H16N4O3S/c1-8-6-9(4-5-10(8)19-3)15-20(17,18)11-7-16(2)14-12(11)13/h4-7,15H,1-3H3,(H2,13,14). The minimum absolute atomic E-state index is 0.0368. The normalized spacial score (nSPS) is 11.3. The van der Waals surface area contributed by atoms with Crippen LogP contribution in [0, 0.1) is 6.92 Å². The number of benzene rings is 1. The lowest BCUT2D eigenvalue weighted by Crippen LogP contribution is -2.14. The summed E-state index contributed by atoms with van der Waals surface area (Å²) < 4.78 is 33.4. The van der Waals surface area contributed by atoms with Gasteiger partial charge in [0.2, 0.25) is 0 Å². The number of hydrogen-bond acceptors (Lipinski definition) is 5. The van der Waals surface area contributed by atoms with Crippen molar-refractivity contribution in [3.05, 3.63) is 30.0 Å². The fourth-order valence-electron chi connectivity index (χ4n) is 1.84. The summed E-state index contributed by atoms with van der Waals surface area (Å²) in [7, 11) is -0.597. The molecule has 3 N–H and O–H groups in total. The zero-order valence-corrected chi connectivity index (χ0v) is 12.2. The molecule has 2 rings (SSSR count). The first-order chi connectivity index (χ1) is 9.33. The largest absolute Gasteiger partial charge is 0.496 e. The van der Waals surface area contributed by atoms with Crippen LogP contribution in [0.2, 0.25) is 0 Å². The van der Waals surface area contributed by atoms with E-state index in [1.54, 1.807) is 32.4 Å². The number of aromatic nitrogens is 2.